The smallest absolute Gasteiger partial charge is 0.401 e. The molecule has 0 atom stereocenters. The first-order chi connectivity index (χ1) is 10.5. The number of piperidine rings is 1. The summed E-state index contributed by atoms with van der Waals surface area (Å²) in [5.41, 5.74) is 1.09. The predicted octanol–water partition coefficient (Wildman–Crippen LogP) is 2.53. The monoisotopic (exact) mass is 316 g/mol. The van der Waals surface area contributed by atoms with Crippen molar-refractivity contribution in [2.75, 3.05) is 26.4 Å². The van der Waals surface area contributed by atoms with Gasteiger partial charge in [0.1, 0.15) is 0 Å². The first-order valence-electron chi connectivity index (χ1n) is 7.41. The molecule has 1 fully saturated rings. The van der Waals surface area contributed by atoms with Gasteiger partial charge in [-0.05, 0) is 43.6 Å². The highest BCUT2D eigenvalue weighted by Gasteiger charge is 2.32. The van der Waals surface area contributed by atoms with Crippen LogP contribution >= 0.6 is 0 Å². The minimum Gasteiger partial charge on any atom is -0.454 e. The number of alkyl halides is 3. The van der Waals surface area contributed by atoms with Crippen LogP contribution in [0.4, 0.5) is 13.2 Å². The van der Waals surface area contributed by atoms with Crippen LogP contribution in [0.5, 0.6) is 11.5 Å². The summed E-state index contributed by atoms with van der Waals surface area (Å²) in [7, 11) is 0. The highest BCUT2D eigenvalue weighted by atomic mass is 19.4. The Morgan fingerprint density at radius 2 is 1.86 bits per heavy atom. The second kappa shape index (κ2) is 6.34. The zero-order chi connectivity index (χ0) is 15.6. The van der Waals surface area contributed by atoms with E-state index < -0.39 is 12.7 Å². The fraction of sp³-hybridized carbons (Fsp3) is 0.600. The fourth-order valence-electron chi connectivity index (χ4n) is 2.86. The van der Waals surface area contributed by atoms with Gasteiger partial charge >= 0.3 is 6.18 Å². The van der Waals surface area contributed by atoms with Crippen LogP contribution in [0.25, 0.3) is 0 Å². The fourth-order valence-corrected chi connectivity index (χ4v) is 2.86. The average Bonchev–Trinajstić information content (AvgIpc) is 2.92. The molecule has 0 amide bonds. The Labute approximate surface area is 127 Å². The lowest BCUT2D eigenvalue weighted by molar-refractivity contribution is -0.148. The summed E-state index contributed by atoms with van der Waals surface area (Å²) in [5, 5.41) is 3.41. The lowest BCUT2D eigenvalue weighted by Gasteiger charge is -2.32. The number of halogens is 3. The van der Waals surface area contributed by atoms with E-state index in [2.05, 4.69) is 5.32 Å². The van der Waals surface area contributed by atoms with Crippen molar-refractivity contribution in [2.24, 2.45) is 0 Å². The molecule has 1 N–H and O–H groups in total. The van der Waals surface area contributed by atoms with Gasteiger partial charge in [-0.15, -0.1) is 0 Å². The lowest BCUT2D eigenvalue weighted by atomic mass is 10.0. The first-order valence-corrected chi connectivity index (χ1v) is 7.41. The van der Waals surface area contributed by atoms with Gasteiger partial charge in [-0.1, -0.05) is 6.07 Å². The maximum Gasteiger partial charge on any atom is 0.401 e. The Hall–Kier alpha value is -1.47. The van der Waals surface area contributed by atoms with Crippen molar-refractivity contribution in [1.29, 1.82) is 0 Å². The number of rotatable bonds is 4. The maximum atomic E-state index is 12.3. The van der Waals surface area contributed by atoms with Gasteiger partial charge in [-0.2, -0.15) is 13.2 Å². The van der Waals surface area contributed by atoms with Crippen LogP contribution in [0.15, 0.2) is 18.2 Å². The van der Waals surface area contributed by atoms with Crippen molar-refractivity contribution >= 4 is 0 Å². The van der Waals surface area contributed by atoms with Crippen LogP contribution in [0.1, 0.15) is 18.4 Å². The Morgan fingerprint density at radius 1 is 1.14 bits per heavy atom. The van der Waals surface area contributed by atoms with Gasteiger partial charge in [0.05, 0.1) is 6.54 Å². The molecule has 1 saturated heterocycles. The number of nitrogens with one attached hydrogen (secondary N) is 1. The second-order valence-electron chi connectivity index (χ2n) is 5.73. The van der Waals surface area contributed by atoms with Gasteiger partial charge in [0, 0.05) is 12.6 Å². The maximum absolute atomic E-state index is 12.3. The molecule has 22 heavy (non-hydrogen) atoms. The van der Waals surface area contributed by atoms with Crippen LogP contribution in [-0.4, -0.2) is 43.5 Å². The number of likely N-dealkylation sites (tertiary alicyclic amines) is 1. The Morgan fingerprint density at radius 3 is 2.59 bits per heavy atom. The standard InChI is InChI=1S/C15H19F3N2O2/c16-15(17,18)9-20-5-3-12(4-6-20)19-8-11-1-2-13-14(7-11)22-10-21-13/h1-2,7,12,19H,3-6,8-10H2. The van der Waals surface area contributed by atoms with E-state index in [4.69, 9.17) is 9.47 Å². The Kier molecular flexibility index (Phi) is 4.44. The Bertz CT molecular complexity index is 514. The molecular formula is C15H19F3N2O2. The molecule has 1 aromatic carbocycles. The molecule has 4 nitrogen and oxygen atoms in total. The van der Waals surface area contributed by atoms with E-state index in [0.29, 0.717) is 19.6 Å². The average molecular weight is 316 g/mol. The van der Waals surface area contributed by atoms with Crippen molar-refractivity contribution in [3.63, 3.8) is 0 Å². The largest absolute Gasteiger partial charge is 0.454 e. The normalized spacial score (nSPS) is 19.6. The molecular weight excluding hydrogens is 297 g/mol. The molecule has 0 bridgehead atoms. The molecule has 2 heterocycles. The van der Waals surface area contributed by atoms with Crippen LogP contribution < -0.4 is 14.8 Å². The summed E-state index contributed by atoms with van der Waals surface area (Å²) in [5.74, 6) is 1.50. The van der Waals surface area contributed by atoms with Crippen molar-refractivity contribution in [2.45, 2.75) is 31.6 Å². The summed E-state index contributed by atoms with van der Waals surface area (Å²) in [6.45, 7) is 1.10. The number of hydrogen-bond acceptors (Lipinski definition) is 4. The van der Waals surface area contributed by atoms with E-state index in [1.54, 1.807) is 0 Å². The molecule has 2 aliphatic rings. The summed E-state index contributed by atoms with van der Waals surface area (Å²) in [4.78, 5) is 1.47. The third-order valence-electron chi connectivity index (χ3n) is 4.02. The summed E-state index contributed by atoms with van der Waals surface area (Å²) in [6.07, 6.45) is -2.63. The third-order valence-corrected chi connectivity index (χ3v) is 4.02. The minimum atomic E-state index is -4.10. The van der Waals surface area contributed by atoms with Gasteiger partial charge in [-0.25, -0.2) is 0 Å². The molecule has 1 aromatic rings. The number of fused-ring (bicyclic) bond motifs is 1. The molecule has 0 radical (unpaired) electrons. The zero-order valence-corrected chi connectivity index (χ0v) is 12.2. The van der Waals surface area contributed by atoms with Crippen LogP contribution in [0, 0.1) is 0 Å². The quantitative estimate of drug-likeness (QED) is 0.925. The third kappa shape index (κ3) is 4.04. The van der Waals surface area contributed by atoms with Crippen molar-refractivity contribution < 1.29 is 22.6 Å². The van der Waals surface area contributed by atoms with Gasteiger partial charge in [0.2, 0.25) is 6.79 Å². The van der Waals surface area contributed by atoms with Crippen LogP contribution in [-0.2, 0) is 6.54 Å². The molecule has 2 aliphatic heterocycles. The number of nitrogens with zero attached hydrogens (tertiary/aromatic N) is 1. The van der Waals surface area contributed by atoms with E-state index in [1.165, 1.54) is 4.90 Å². The molecule has 0 saturated carbocycles. The van der Waals surface area contributed by atoms with Gasteiger partial charge in [-0.3, -0.25) is 4.90 Å². The number of ether oxygens (including phenoxy) is 2. The highest BCUT2D eigenvalue weighted by molar-refractivity contribution is 5.44. The predicted molar refractivity (Wildman–Crippen MR) is 74.9 cm³/mol. The highest BCUT2D eigenvalue weighted by Crippen LogP contribution is 2.32. The van der Waals surface area contributed by atoms with Crippen LogP contribution in [0.2, 0.25) is 0 Å². The van der Waals surface area contributed by atoms with E-state index in [9.17, 15) is 13.2 Å². The molecule has 0 unspecified atom stereocenters. The summed E-state index contributed by atoms with van der Waals surface area (Å²) >= 11 is 0. The molecule has 0 spiro atoms. The molecule has 7 heteroatoms. The minimum absolute atomic E-state index is 0.254. The SMILES string of the molecule is FC(F)(F)CN1CCC(NCc2ccc3c(c2)OCO3)CC1. The van der Waals surface area contributed by atoms with E-state index in [-0.39, 0.29) is 12.8 Å². The second-order valence-corrected chi connectivity index (χ2v) is 5.73. The van der Waals surface area contributed by atoms with Gasteiger partial charge in [0.15, 0.2) is 11.5 Å². The summed E-state index contributed by atoms with van der Waals surface area (Å²) in [6, 6.07) is 6.05. The first kappa shape index (κ1) is 15.4. The molecule has 0 aliphatic carbocycles. The van der Waals surface area contributed by atoms with Crippen molar-refractivity contribution in [3.8, 4) is 11.5 Å². The Balaban J connectivity index is 1.44. The topological polar surface area (TPSA) is 33.7 Å². The number of benzene rings is 1. The molecule has 3 rings (SSSR count). The van der Waals surface area contributed by atoms with Gasteiger partial charge in [0.25, 0.3) is 0 Å². The number of hydrogen-bond donors (Lipinski definition) is 1. The molecule has 122 valence electrons. The van der Waals surface area contributed by atoms with E-state index in [0.717, 1.165) is 29.9 Å². The van der Waals surface area contributed by atoms with Crippen molar-refractivity contribution in [3.05, 3.63) is 23.8 Å². The van der Waals surface area contributed by atoms with E-state index in [1.807, 2.05) is 18.2 Å². The lowest BCUT2D eigenvalue weighted by Crippen LogP contribution is -2.45. The molecule has 0 aromatic heterocycles. The van der Waals surface area contributed by atoms with Gasteiger partial charge < -0.3 is 14.8 Å². The van der Waals surface area contributed by atoms with Crippen LogP contribution in [0.3, 0.4) is 0 Å². The zero-order valence-electron chi connectivity index (χ0n) is 12.2. The van der Waals surface area contributed by atoms with Crippen molar-refractivity contribution in [1.82, 2.24) is 10.2 Å². The summed E-state index contributed by atoms with van der Waals surface area (Å²) < 4.78 is 47.6. The van der Waals surface area contributed by atoms with E-state index >= 15 is 0 Å².